The van der Waals surface area contributed by atoms with Crippen molar-refractivity contribution in [3.8, 4) is 0 Å². The quantitative estimate of drug-likeness (QED) is 0.324. The van der Waals surface area contributed by atoms with Crippen molar-refractivity contribution in [3.05, 3.63) is 16.1 Å². The van der Waals surface area contributed by atoms with Gasteiger partial charge in [-0.2, -0.15) is 11.8 Å². The molecule has 2 aliphatic rings. The van der Waals surface area contributed by atoms with Crippen molar-refractivity contribution < 1.29 is 4.74 Å². The van der Waals surface area contributed by atoms with Gasteiger partial charge in [-0.3, -0.25) is 4.90 Å². The van der Waals surface area contributed by atoms with Gasteiger partial charge in [0, 0.05) is 48.5 Å². The van der Waals surface area contributed by atoms with E-state index in [1.54, 1.807) is 11.3 Å². The number of nitrogens with one attached hydrogen (secondary N) is 2. The zero-order valence-electron chi connectivity index (χ0n) is 16.3. The Hall–Kier alpha value is -0.100. The highest BCUT2D eigenvalue weighted by Crippen LogP contribution is 2.33. The summed E-state index contributed by atoms with van der Waals surface area (Å²) in [7, 11) is 0. The fraction of sp³-hybridized carbons (Fsp3) is 0.778. The molecule has 1 aromatic rings. The Morgan fingerprint density at radius 1 is 1.33 bits per heavy atom. The lowest BCUT2D eigenvalue weighted by atomic mass is 9.95. The first-order chi connectivity index (χ1) is 12.8. The highest BCUT2D eigenvalue weighted by atomic mass is 127. The smallest absolute Gasteiger partial charge is 0.191 e. The molecule has 2 saturated heterocycles. The van der Waals surface area contributed by atoms with E-state index >= 15 is 0 Å². The number of halogens is 1. The monoisotopic (exact) mass is 525 g/mol. The third-order valence-electron chi connectivity index (χ3n) is 5.02. The Morgan fingerprint density at radius 2 is 2.15 bits per heavy atom. The first-order valence-corrected chi connectivity index (χ1v) is 11.6. The minimum Gasteiger partial charge on any atom is -0.379 e. The summed E-state index contributed by atoms with van der Waals surface area (Å²) in [6.45, 7) is 10.5. The van der Waals surface area contributed by atoms with Gasteiger partial charge in [0.05, 0.1) is 19.8 Å². The van der Waals surface area contributed by atoms with Crippen molar-refractivity contribution >= 4 is 53.0 Å². The standard InChI is InChI=1S/C18H31N5OS2.HI/c1-3-15-11-20-16(26-15)12-21-17(19-4-2)22-13-18(5-10-25-14-18)23-6-8-24-9-7-23;/h11H,3-10,12-14H2,1-2H3,(H2,19,21,22);1H. The molecule has 0 bridgehead atoms. The van der Waals surface area contributed by atoms with Crippen LogP contribution in [0.4, 0.5) is 0 Å². The number of guanidine groups is 1. The van der Waals surface area contributed by atoms with E-state index in [0.29, 0.717) is 6.54 Å². The van der Waals surface area contributed by atoms with Crippen LogP contribution in [0.2, 0.25) is 0 Å². The lowest BCUT2D eigenvalue weighted by Crippen LogP contribution is -2.60. The Labute approximate surface area is 188 Å². The Bertz CT molecular complexity index is 586. The second-order valence-electron chi connectivity index (χ2n) is 6.75. The zero-order chi connectivity index (χ0) is 18.2. The normalized spacial score (nSPS) is 23.9. The number of aryl methyl sites for hydroxylation is 1. The van der Waals surface area contributed by atoms with E-state index in [1.165, 1.54) is 22.8 Å². The lowest BCUT2D eigenvalue weighted by molar-refractivity contribution is -0.0120. The van der Waals surface area contributed by atoms with Gasteiger partial charge in [0.25, 0.3) is 0 Å². The van der Waals surface area contributed by atoms with E-state index < -0.39 is 0 Å². The van der Waals surface area contributed by atoms with Crippen LogP contribution in [0.3, 0.4) is 0 Å². The van der Waals surface area contributed by atoms with Crippen LogP contribution in [0.25, 0.3) is 0 Å². The number of thiazole rings is 1. The van der Waals surface area contributed by atoms with Gasteiger partial charge < -0.3 is 15.4 Å². The number of rotatable bonds is 7. The molecule has 2 N–H and O–H groups in total. The number of nitrogens with zero attached hydrogens (tertiary/aromatic N) is 3. The number of aromatic nitrogens is 1. The van der Waals surface area contributed by atoms with Crippen molar-refractivity contribution in [3.63, 3.8) is 0 Å². The van der Waals surface area contributed by atoms with Crippen LogP contribution in [-0.4, -0.2) is 72.3 Å². The molecule has 1 unspecified atom stereocenters. The number of morpholine rings is 1. The van der Waals surface area contributed by atoms with Gasteiger partial charge in [0.2, 0.25) is 0 Å². The minimum atomic E-state index is 0. The van der Waals surface area contributed by atoms with Gasteiger partial charge in [-0.1, -0.05) is 6.92 Å². The molecule has 0 aliphatic carbocycles. The summed E-state index contributed by atoms with van der Waals surface area (Å²) in [4.78, 5) is 13.2. The number of hydrogen-bond donors (Lipinski definition) is 2. The Morgan fingerprint density at radius 3 is 2.78 bits per heavy atom. The molecule has 154 valence electrons. The van der Waals surface area contributed by atoms with Crippen LogP contribution in [0.1, 0.15) is 30.2 Å². The molecule has 2 aliphatic heterocycles. The number of ether oxygens (including phenoxy) is 1. The maximum atomic E-state index is 5.56. The van der Waals surface area contributed by atoms with Gasteiger partial charge >= 0.3 is 0 Å². The minimum absolute atomic E-state index is 0. The number of hydrogen-bond acceptors (Lipinski definition) is 6. The fourth-order valence-electron chi connectivity index (χ4n) is 3.46. The van der Waals surface area contributed by atoms with E-state index in [9.17, 15) is 0 Å². The van der Waals surface area contributed by atoms with Crippen molar-refractivity contribution in [2.75, 3.05) is 50.9 Å². The molecule has 3 heterocycles. The molecule has 1 aromatic heterocycles. The van der Waals surface area contributed by atoms with Crippen LogP contribution >= 0.6 is 47.1 Å². The van der Waals surface area contributed by atoms with Crippen LogP contribution in [0.5, 0.6) is 0 Å². The molecule has 6 nitrogen and oxygen atoms in total. The molecule has 0 spiro atoms. The average Bonchev–Trinajstić information content (AvgIpc) is 3.35. The largest absolute Gasteiger partial charge is 0.379 e. The summed E-state index contributed by atoms with van der Waals surface area (Å²) in [6, 6.07) is 0. The van der Waals surface area contributed by atoms with Crippen molar-refractivity contribution in [2.45, 2.75) is 38.8 Å². The predicted octanol–water partition coefficient (Wildman–Crippen LogP) is 2.59. The van der Waals surface area contributed by atoms with Gasteiger partial charge in [-0.15, -0.1) is 35.3 Å². The van der Waals surface area contributed by atoms with Crippen LogP contribution < -0.4 is 10.6 Å². The van der Waals surface area contributed by atoms with E-state index in [-0.39, 0.29) is 29.5 Å². The molecule has 2 fully saturated rings. The SMILES string of the molecule is CCNC(=NCc1ncc(CC)s1)NCC1(N2CCOCC2)CCSC1.I. The van der Waals surface area contributed by atoms with Gasteiger partial charge in [0.15, 0.2) is 5.96 Å². The molecular formula is C18H32IN5OS2. The van der Waals surface area contributed by atoms with Crippen LogP contribution in [0.15, 0.2) is 11.2 Å². The lowest BCUT2D eigenvalue weighted by Gasteiger charge is -2.43. The third-order valence-corrected chi connectivity index (χ3v) is 7.38. The molecular weight excluding hydrogens is 493 g/mol. The second kappa shape index (κ2) is 11.8. The van der Waals surface area contributed by atoms with Gasteiger partial charge in [-0.05, 0) is 25.5 Å². The highest BCUT2D eigenvalue weighted by molar-refractivity contribution is 14.0. The van der Waals surface area contributed by atoms with Crippen molar-refractivity contribution in [1.29, 1.82) is 0 Å². The molecule has 27 heavy (non-hydrogen) atoms. The first-order valence-electron chi connectivity index (χ1n) is 9.62. The number of aliphatic imine (C=N–C) groups is 1. The molecule has 0 aromatic carbocycles. The Kier molecular flexibility index (Phi) is 10.1. The second-order valence-corrected chi connectivity index (χ2v) is 9.05. The average molecular weight is 526 g/mol. The summed E-state index contributed by atoms with van der Waals surface area (Å²) < 4.78 is 5.56. The maximum Gasteiger partial charge on any atom is 0.191 e. The third kappa shape index (κ3) is 6.45. The van der Waals surface area contributed by atoms with Crippen molar-refractivity contribution in [1.82, 2.24) is 20.5 Å². The van der Waals surface area contributed by atoms with E-state index in [1.807, 2.05) is 6.20 Å². The molecule has 0 saturated carbocycles. The number of thioether (sulfide) groups is 1. The molecule has 0 radical (unpaired) electrons. The van der Waals surface area contributed by atoms with Crippen LogP contribution in [-0.2, 0) is 17.7 Å². The fourth-order valence-corrected chi connectivity index (χ4v) is 5.72. The Balaban J connectivity index is 0.00000261. The van der Waals surface area contributed by atoms with E-state index in [0.717, 1.165) is 56.8 Å². The molecule has 0 amide bonds. The molecule has 3 rings (SSSR count). The van der Waals surface area contributed by atoms with Gasteiger partial charge in [-0.25, -0.2) is 9.98 Å². The summed E-state index contributed by atoms with van der Waals surface area (Å²) in [6.07, 6.45) is 4.24. The summed E-state index contributed by atoms with van der Waals surface area (Å²) in [5.41, 5.74) is 0.223. The summed E-state index contributed by atoms with van der Waals surface area (Å²) in [5, 5.41) is 8.08. The molecule has 9 heteroatoms. The summed E-state index contributed by atoms with van der Waals surface area (Å²) >= 11 is 3.82. The van der Waals surface area contributed by atoms with Gasteiger partial charge in [0.1, 0.15) is 5.01 Å². The van der Waals surface area contributed by atoms with E-state index in [4.69, 9.17) is 9.73 Å². The predicted molar refractivity (Wildman–Crippen MR) is 127 cm³/mol. The zero-order valence-corrected chi connectivity index (χ0v) is 20.3. The summed E-state index contributed by atoms with van der Waals surface area (Å²) in [5.74, 6) is 3.32. The van der Waals surface area contributed by atoms with E-state index in [2.05, 4.69) is 46.1 Å². The maximum absolute atomic E-state index is 5.56. The van der Waals surface area contributed by atoms with Crippen LogP contribution in [0, 0.1) is 0 Å². The molecule has 1 atom stereocenters. The first kappa shape index (κ1) is 23.2. The topological polar surface area (TPSA) is 61.8 Å². The highest BCUT2D eigenvalue weighted by Gasteiger charge is 2.40. The van der Waals surface area contributed by atoms with Crippen molar-refractivity contribution in [2.24, 2.45) is 4.99 Å².